The fourth-order valence-corrected chi connectivity index (χ4v) is 2.28. The summed E-state index contributed by atoms with van der Waals surface area (Å²) >= 11 is 11.9. The van der Waals surface area contributed by atoms with Crippen LogP contribution in [0.2, 0.25) is 10.0 Å². The monoisotopic (exact) mass is 349 g/mol. The zero-order valence-corrected chi connectivity index (χ0v) is 13.1. The Morgan fingerprint density at radius 1 is 0.957 bits per heavy atom. The Labute approximate surface area is 141 Å². The molecule has 0 aliphatic heterocycles. The fraction of sp³-hybridized carbons (Fsp3) is 0. The first-order valence-electron chi connectivity index (χ1n) is 6.55. The van der Waals surface area contributed by atoms with E-state index >= 15 is 0 Å². The van der Waals surface area contributed by atoms with Gasteiger partial charge in [0.05, 0.1) is 22.6 Å². The first kappa shape index (κ1) is 15.5. The van der Waals surface area contributed by atoms with E-state index in [-0.39, 0.29) is 11.6 Å². The summed E-state index contributed by atoms with van der Waals surface area (Å²) in [4.78, 5) is 4.21. The number of hydrogen-bond acceptors (Lipinski definition) is 5. The molecule has 0 fully saturated rings. The predicted molar refractivity (Wildman–Crippen MR) is 89.3 cm³/mol. The van der Waals surface area contributed by atoms with Gasteiger partial charge in [0.1, 0.15) is 5.82 Å². The van der Waals surface area contributed by atoms with Gasteiger partial charge in [-0.2, -0.15) is 10.1 Å². The van der Waals surface area contributed by atoms with Crippen molar-refractivity contribution in [2.75, 3.05) is 10.6 Å². The smallest absolute Gasteiger partial charge is 0.249 e. The SMILES string of the molecule is Fc1ccccc1Nc1nncc(Nc2ccc(Cl)cc2Cl)n1. The first-order valence-corrected chi connectivity index (χ1v) is 7.31. The maximum Gasteiger partial charge on any atom is 0.249 e. The number of benzene rings is 2. The second kappa shape index (κ2) is 6.76. The zero-order valence-electron chi connectivity index (χ0n) is 11.6. The third-order valence-electron chi connectivity index (χ3n) is 2.87. The molecule has 0 saturated heterocycles. The van der Waals surface area contributed by atoms with Crippen LogP contribution in [-0.4, -0.2) is 15.2 Å². The first-order chi connectivity index (χ1) is 11.1. The molecule has 2 N–H and O–H groups in total. The van der Waals surface area contributed by atoms with Crippen molar-refractivity contribution in [1.29, 1.82) is 0 Å². The Hall–Kier alpha value is -2.44. The van der Waals surface area contributed by atoms with Crippen molar-refractivity contribution in [2.45, 2.75) is 0 Å². The number of hydrogen-bond donors (Lipinski definition) is 2. The van der Waals surface area contributed by atoms with E-state index in [1.54, 1.807) is 36.4 Å². The number of halogens is 3. The molecule has 0 aliphatic carbocycles. The topological polar surface area (TPSA) is 62.7 Å². The Morgan fingerprint density at radius 3 is 2.57 bits per heavy atom. The molecule has 23 heavy (non-hydrogen) atoms. The van der Waals surface area contributed by atoms with Crippen LogP contribution in [-0.2, 0) is 0 Å². The normalized spacial score (nSPS) is 10.4. The van der Waals surface area contributed by atoms with Gasteiger partial charge in [-0.15, -0.1) is 5.10 Å². The van der Waals surface area contributed by atoms with Crippen molar-refractivity contribution in [3.63, 3.8) is 0 Å². The van der Waals surface area contributed by atoms with Gasteiger partial charge in [0, 0.05) is 5.02 Å². The van der Waals surface area contributed by atoms with Crippen LogP contribution in [0.25, 0.3) is 0 Å². The molecule has 0 bridgehead atoms. The van der Waals surface area contributed by atoms with Crippen LogP contribution in [0.5, 0.6) is 0 Å². The Kier molecular flexibility index (Phi) is 4.55. The van der Waals surface area contributed by atoms with Crippen LogP contribution in [0, 0.1) is 5.82 Å². The van der Waals surface area contributed by atoms with E-state index in [0.29, 0.717) is 21.6 Å². The molecule has 2 aromatic carbocycles. The molecule has 0 atom stereocenters. The van der Waals surface area contributed by atoms with Crippen LogP contribution in [0.3, 0.4) is 0 Å². The van der Waals surface area contributed by atoms with Crippen molar-refractivity contribution >= 4 is 46.3 Å². The second-order valence-corrected chi connectivity index (χ2v) is 5.36. The molecule has 0 saturated carbocycles. The number of rotatable bonds is 4. The maximum absolute atomic E-state index is 13.6. The minimum atomic E-state index is -0.407. The molecule has 3 aromatic rings. The second-order valence-electron chi connectivity index (χ2n) is 4.52. The van der Waals surface area contributed by atoms with E-state index in [0.717, 1.165) is 0 Å². The van der Waals surface area contributed by atoms with Crippen LogP contribution >= 0.6 is 23.2 Å². The van der Waals surface area contributed by atoms with Crippen molar-refractivity contribution in [3.05, 3.63) is 64.5 Å². The van der Waals surface area contributed by atoms with Crippen LogP contribution in [0.1, 0.15) is 0 Å². The van der Waals surface area contributed by atoms with Gasteiger partial charge in [0.15, 0.2) is 5.82 Å². The van der Waals surface area contributed by atoms with Crippen molar-refractivity contribution < 1.29 is 4.39 Å². The summed E-state index contributed by atoms with van der Waals surface area (Å²) in [7, 11) is 0. The van der Waals surface area contributed by atoms with Crippen LogP contribution in [0.4, 0.5) is 27.5 Å². The Balaban J connectivity index is 1.81. The van der Waals surface area contributed by atoms with Gasteiger partial charge >= 0.3 is 0 Å². The standard InChI is InChI=1S/C15H10Cl2FN5/c16-9-5-6-12(10(17)7-9)20-14-8-19-23-15(22-14)21-13-4-2-1-3-11(13)18/h1-8H,(H2,20,21,22,23). The molecule has 1 aromatic heterocycles. The highest BCUT2D eigenvalue weighted by atomic mass is 35.5. The van der Waals surface area contributed by atoms with Gasteiger partial charge < -0.3 is 10.6 Å². The van der Waals surface area contributed by atoms with E-state index < -0.39 is 5.82 Å². The molecule has 1 heterocycles. The zero-order chi connectivity index (χ0) is 16.2. The minimum Gasteiger partial charge on any atom is -0.338 e. The highest BCUT2D eigenvalue weighted by Gasteiger charge is 2.07. The van der Waals surface area contributed by atoms with Crippen molar-refractivity contribution in [1.82, 2.24) is 15.2 Å². The minimum absolute atomic E-state index is 0.158. The number of aromatic nitrogens is 3. The van der Waals surface area contributed by atoms with Gasteiger partial charge in [-0.3, -0.25) is 0 Å². The molecule has 0 spiro atoms. The van der Waals surface area contributed by atoms with Gasteiger partial charge in [-0.05, 0) is 30.3 Å². The highest BCUT2D eigenvalue weighted by molar-refractivity contribution is 6.36. The molecule has 0 unspecified atom stereocenters. The number of nitrogens with zero attached hydrogens (tertiary/aromatic N) is 3. The molecule has 116 valence electrons. The molecular weight excluding hydrogens is 340 g/mol. The van der Waals surface area contributed by atoms with Gasteiger partial charge in [0.2, 0.25) is 5.95 Å². The molecule has 0 aliphatic rings. The third-order valence-corrected chi connectivity index (χ3v) is 3.42. The van der Waals surface area contributed by atoms with Crippen LogP contribution < -0.4 is 10.6 Å². The van der Waals surface area contributed by atoms with E-state index in [1.807, 2.05) is 0 Å². The lowest BCUT2D eigenvalue weighted by Gasteiger charge is -2.09. The van der Waals surface area contributed by atoms with Crippen molar-refractivity contribution in [2.24, 2.45) is 0 Å². The summed E-state index contributed by atoms with van der Waals surface area (Å²) in [5.74, 6) is 0.156. The van der Waals surface area contributed by atoms with E-state index in [4.69, 9.17) is 23.2 Å². The fourth-order valence-electron chi connectivity index (χ4n) is 1.83. The lowest BCUT2D eigenvalue weighted by molar-refractivity contribution is 0.631. The molecule has 0 radical (unpaired) electrons. The Morgan fingerprint density at radius 2 is 1.78 bits per heavy atom. The number of anilines is 4. The predicted octanol–water partition coefficient (Wildman–Crippen LogP) is 4.80. The number of para-hydroxylation sites is 1. The van der Waals surface area contributed by atoms with E-state index in [2.05, 4.69) is 25.8 Å². The van der Waals surface area contributed by atoms with Crippen LogP contribution in [0.15, 0.2) is 48.7 Å². The van der Waals surface area contributed by atoms with E-state index in [9.17, 15) is 4.39 Å². The van der Waals surface area contributed by atoms with Gasteiger partial charge in [0.25, 0.3) is 0 Å². The van der Waals surface area contributed by atoms with Gasteiger partial charge in [-0.1, -0.05) is 35.3 Å². The lowest BCUT2D eigenvalue weighted by atomic mass is 10.3. The molecule has 5 nitrogen and oxygen atoms in total. The Bertz CT molecular complexity index is 844. The van der Waals surface area contributed by atoms with Gasteiger partial charge in [-0.25, -0.2) is 4.39 Å². The van der Waals surface area contributed by atoms with Crippen molar-refractivity contribution in [3.8, 4) is 0 Å². The summed E-state index contributed by atoms with van der Waals surface area (Å²) in [6.45, 7) is 0. The van der Waals surface area contributed by atoms with E-state index in [1.165, 1.54) is 12.3 Å². The average molecular weight is 350 g/mol. The summed E-state index contributed by atoms with van der Waals surface area (Å²) in [5, 5.41) is 14.4. The quantitative estimate of drug-likeness (QED) is 0.707. The molecule has 3 rings (SSSR count). The third kappa shape index (κ3) is 3.85. The average Bonchev–Trinajstić information content (AvgIpc) is 2.53. The number of nitrogens with one attached hydrogen (secondary N) is 2. The largest absolute Gasteiger partial charge is 0.338 e. The molecule has 8 heteroatoms. The molecule has 0 amide bonds. The summed E-state index contributed by atoms with van der Waals surface area (Å²) < 4.78 is 13.6. The molecular formula is C15H10Cl2FN5. The summed E-state index contributed by atoms with van der Waals surface area (Å²) in [6.07, 6.45) is 1.43. The summed E-state index contributed by atoms with van der Waals surface area (Å²) in [5.41, 5.74) is 0.879. The summed E-state index contributed by atoms with van der Waals surface area (Å²) in [6, 6.07) is 11.2. The lowest BCUT2D eigenvalue weighted by Crippen LogP contribution is -2.03. The highest BCUT2D eigenvalue weighted by Crippen LogP contribution is 2.27. The maximum atomic E-state index is 13.6.